The van der Waals surface area contributed by atoms with Crippen LogP contribution in [0.25, 0.3) is 21.9 Å². The van der Waals surface area contributed by atoms with E-state index in [2.05, 4.69) is 21.0 Å². The average Bonchev–Trinajstić information content (AvgIpc) is 2.67. The number of fused-ring (bicyclic) bond motifs is 3. The van der Waals surface area contributed by atoms with E-state index in [9.17, 15) is 0 Å². The molecule has 0 amide bonds. The molecule has 0 fully saturated rings. The van der Waals surface area contributed by atoms with Crippen LogP contribution in [0.3, 0.4) is 0 Å². The number of rotatable bonds is 0. The van der Waals surface area contributed by atoms with Crippen molar-refractivity contribution in [2.45, 2.75) is 0 Å². The van der Waals surface area contributed by atoms with Crippen molar-refractivity contribution in [1.29, 1.82) is 5.26 Å². The van der Waals surface area contributed by atoms with Crippen LogP contribution in [-0.4, -0.2) is 15.0 Å². The maximum atomic E-state index is 8.81. The number of hydrogen-bond donors (Lipinski definition) is 2. The Morgan fingerprint density at radius 2 is 2.19 bits per heavy atom. The summed E-state index contributed by atoms with van der Waals surface area (Å²) in [4.78, 5) is 11.2. The molecule has 0 atom stereocenters. The van der Waals surface area contributed by atoms with Crippen molar-refractivity contribution in [2.75, 3.05) is 5.73 Å². The highest BCUT2D eigenvalue weighted by molar-refractivity contribution is 6.10. The topological polar surface area (TPSA) is 91.4 Å². The Morgan fingerprint density at radius 3 is 3.00 bits per heavy atom. The number of H-pyrrole nitrogens is 1. The number of nitriles is 1. The summed E-state index contributed by atoms with van der Waals surface area (Å²) >= 11 is 0. The zero-order chi connectivity index (χ0) is 11.1. The number of hydrogen-bond acceptors (Lipinski definition) is 4. The standard InChI is InChI=1S/C11H7N5/c12-4-6-1-2-7-8(3-6)16-11-9(7)10(13)14-5-15-11/h1-3,5H,(H3,13,14,15,16). The number of anilines is 1. The highest BCUT2D eigenvalue weighted by Gasteiger charge is 2.08. The van der Waals surface area contributed by atoms with E-state index in [1.54, 1.807) is 12.1 Å². The summed E-state index contributed by atoms with van der Waals surface area (Å²) in [6, 6.07) is 7.47. The number of nitrogens with zero attached hydrogens (tertiary/aromatic N) is 3. The Morgan fingerprint density at radius 1 is 1.31 bits per heavy atom. The van der Waals surface area contributed by atoms with E-state index in [-0.39, 0.29) is 0 Å². The molecule has 5 nitrogen and oxygen atoms in total. The predicted octanol–water partition coefficient (Wildman–Crippen LogP) is 1.56. The second kappa shape index (κ2) is 2.94. The molecule has 0 aliphatic carbocycles. The third-order valence-electron chi connectivity index (χ3n) is 2.55. The van der Waals surface area contributed by atoms with E-state index in [0.717, 1.165) is 16.3 Å². The maximum Gasteiger partial charge on any atom is 0.143 e. The van der Waals surface area contributed by atoms with Crippen molar-refractivity contribution in [3.05, 3.63) is 30.1 Å². The SMILES string of the molecule is N#Cc1ccc2c(c1)[nH]c1ncnc(N)c12. The Labute approximate surface area is 90.5 Å². The van der Waals surface area contributed by atoms with Gasteiger partial charge in [-0.2, -0.15) is 5.26 Å². The van der Waals surface area contributed by atoms with Crippen LogP contribution < -0.4 is 5.73 Å². The average molecular weight is 209 g/mol. The predicted molar refractivity (Wildman–Crippen MR) is 60.5 cm³/mol. The molecule has 0 saturated heterocycles. The summed E-state index contributed by atoms with van der Waals surface area (Å²) in [5.74, 6) is 0.445. The van der Waals surface area contributed by atoms with Crippen LogP contribution in [0.4, 0.5) is 5.82 Å². The Balaban J connectivity index is 2.53. The highest BCUT2D eigenvalue weighted by atomic mass is 15.0. The fraction of sp³-hybridized carbons (Fsp3) is 0. The number of nitrogens with one attached hydrogen (secondary N) is 1. The molecule has 0 saturated carbocycles. The molecule has 76 valence electrons. The van der Waals surface area contributed by atoms with Crippen LogP contribution in [0, 0.1) is 11.3 Å². The summed E-state index contributed by atoms with van der Waals surface area (Å²) in [7, 11) is 0. The number of aromatic amines is 1. The minimum Gasteiger partial charge on any atom is -0.383 e. The lowest BCUT2D eigenvalue weighted by molar-refractivity contribution is 1.21. The van der Waals surface area contributed by atoms with Gasteiger partial charge in [0.2, 0.25) is 0 Å². The van der Waals surface area contributed by atoms with E-state index in [4.69, 9.17) is 11.0 Å². The summed E-state index contributed by atoms with van der Waals surface area (Å²) in [6.45, 7) is 0. The highest BCUT2D eigenvalue weighted by Crippen LogP contribution is 2.27. The molecule has 2 aromatic heterocycles. The summed E-state index contributed by atoms with van der Waals surface area (Å²) in [5, 5.41) is 10.6. The molecule has 3 rings (SSSR count). The van der Waals surface area contributed by atoms with Gasteiger partial charge in [0.1, 0.15) is 17.8 Å². The molecule has 3 aromatic rings. The van der Waals surface area contributed by atoms with Crippen LogP contribution >= 0.6 is 0 Å². The van der Waals surface area contributed by atoms with Gasteiger partial charge < -0.3 is 10.7 Å². The van der Waals surface area contributed by atoms with Crippen LogP contribution in [0.15, 0.2) is 24.5 Å². The van der Waals surface area contributed by atoms with E-state index in [1.165, 1.54) is 6.33 Å². The number of benzene rings is 1. The third kappa shape index (κ3) is 1.04. The summed E-state index contributed by atoms with van der Waals surface area (Å²) in [5.41, 5.74) is 7.94. The van der Waals surface area contributed by atoms with Crippen molar-refractivity contribution in [3.8, 4) is 6.07 Å². The number of aromatic nitrogens is 3. The Kier molecular flexibility index (Phi) is 1.59. The molecule has 2 heterocycles. The van der Waals surface area contributed by atoms with Gasteiger partial charge in [0.05, 0.1) is 17.0 Å². The summed E-state index contributed by atoms with van der Waals surface area (Å²) < 4.78 is 0. The maximum absolute atomic E-state index is 8.81. The largest absolute Gasteiger partial charge is 0.383 e. The van der Waals surface area contributed by atoms with E-state index in [0.29, 0.717) is 17.0 Å². The third-order valence-corrected chi connectivity index (χ3v) is 2.55. The molecular formula is C11H7N5. The van der Waals surface area contributed by atoms with Crippen LogP contribution in [0.5, 0.6) is 0 Å². The molecule has 0 radical (unpaired) electrons. The van der Waals surface area contributed by atoms with Gasteiger partial charge in [-0.15, -0.1) is 0 Å². The van der Waals surface area contributed by atoms with Crippen molar-refractivity contribution in [2.24, 2.45) is 0 Å². The Hall–Kier alpha value is -2.61. The molecule has 0 aliphatic heterocycles. The Bertz CT molecular complexity index is 735. The minimum atomic E-state index is 0.445. The van der Waals surface area contributed by atoms with Gasteiger partial charge in [-0.3, -0.25) is 0 Å². The first kappa shape index (κ1) is 8.68. The van der Waals surface area contributed by atoms with Crippen molar-refractivity contribution in [1.82, 2.24) is 15.0 Å². The quantitative estimate of drug-likeness (QED) is 0.587. The fourth-order valence-corrected chi connectivity index (χ4v) is 1.82. The van der Waals surface area contributed by atoms with Crippen molar-refractivity contribution < 1.29 is 0 Å². The molecule has 3 N–H and O–H groups in total. The van der Waals surface area contributed by atoms with Crippen LogP contribution in [0.2, 0.25) is 0 Å². The monoisotopic (exact) mass is 209 g/mol. The lowest BCUT2D eigenvalue weighted by Crippen LogP contribution is -1.91. The molecule has 0 bridgehead atoms. The van der Waals surface area contributed by atoms with Crippen LogP contribution in [0.1, 0.15) is 5.56 Å². The van der Waals surface area contributed by atoms with Gasteiger partial charge >= 0.3 is 0 Å². The van der Waals surface area contributed by atoms with Gasteiger partial charge in [-0.25, -0.2) is 9.97 Å². The van der Waals surface area contributed by atoms with Gasteiger partial charge in [-0.1, -0.05) is 6.07 Å². The minimum absolute atomic E-state index is 0.445. The van der Waals surface area contributed by atoms with Crippen LogP contribution in [-0.2, 0) is 0 Å². The fourth-order valence-electron chi connectivity index (χ4n) is 1.82. The van der Waals surface area contributed by atoms with Gasteiger partial charge in [0, 0.05) is 10.9 Å². The molecule has 0 unspecified atom stereocenters. The van der Waals surface area contributed by atoms with E-state index >= 15 is 0 Å². The van der Waals surface area contributed by atoms with E-state index in [1.807, 2.05) is 6.07 Å². The first-order valence-corrected chi connectivity index (χ1v) is 4.71. The smallest absolute Gasteiger partial charge is 0.143 e. The van der Waals surface area contributed by atoms with Gasteiger partial charge in [-0.05, 0) is 12.1 Å². The number of nitrogens with two attached hydrogens (primary N) is 1. The first-order chi connectivity index (χ1) is 7.79. The first-order valence-electron chi connectivity index (χ1n) is 4.71. The zero-order valence-corrected chi connectivity index (χ0v) is 8.23. The van der Waals surface area contributed by atoms with E-state index < -0.39 is 0 Å². The number of nitrogen functional groups attached to an aromatic ring is 1. The second-order valence-electron chi connectivity index (χ2n) is 3.48. The molecule has 0 aliphatic rings. The summed E-state index contributed by atoms with van der Waals surface area (Å²) in [6.07, 6.45) is 1.41. The second-order valence-corrected chi connectivity index (χ2v) is 3.48. The van der Waals surface area contributed by atoms with Crippen molar-refractivity contribution >= 4 is 27.8 Å². The zero-order valence-electron chi connectivity index (χ0n) is 8.23. The van der Waals surface area contributed by atoms with Crippen molar-refractivity contribution in [3.63, 3.8) is 0 Å². The van der Waals surface area contributed by atoms with Gasteiger partial charge in [0.15, 0.2) is 0 Å². The normalized spacial score (nSPS) is 10.7. The molecule has 1 aromatic carbocycles. The lowest BCUT2D eigenvalue weighted by Gasteiger charge is -1.94. The lowest BCUT2D eigenvalue weighted by atomic mass is 10.1. The molecule has 0 spiro atoms. The molecule has 16 heavy (non-hydrogen) atoms. The molecule has 5 heteroatoms. The van der Waals surface area contributed by atoms with Gasteiger partial charge in [0.25, 0.3) is 0 Å². The molecular weight excluding hydrogens is 202 g/mol.